The molecule has 0 spiro atoms. The van der Waals surface area contributed by atoms with Gasteiger partial charge in [-0.15, -0.1) is 0 Å². The first-order valence-corrected chi connectivity index (χ1v) is 5.91. The third-order valence-corrected chi connectivity index (χ3v) is 2.91. The van der Waals surface area contributed by atoms with Crippen molar-refractivity contribution in [1.29, 1.82) is 5.26 Å². The highest BCUT2D eigenvalue weighted by molar-refractivity contribution is 5.68. The molecule has 102 valence electrons. The fourth-order valence-corrected chi connectivity index (χ4v) is 2.05. The van der Waals surface area contributed by atoms with Crippen molar-refractivity contribution in [2.24, 2.45) is 0 Å². The van der Waals surface area contributed by atoms with Crippen LogP contribution in [0, 0.1) is 23.0 Å². The van der Waals surface area contributed by atoms with Crippen LogP contribution in [0.5, 0.6) is 0 Å². The number of nitrogens with zero attached hydrogens (tertiary/aromatic N) is 2. The average Bonchev–Trinajstić information content (AvgIpc) is 2.36. The van der Waals surface area contributed by atoms with Gasteiger partial charge in [-0.05, 0) is 31.5 Å². The maximum atomic E-state index is 13.9. The first kappa shape index (κ1) is 14.1. The van der Waals surface area contributed by atoms with E-state index >= 15 is 0 Å². The van der Waals surface area contributed by atoms with Crippen molar-refractivity contribution in [3.05, 3.63) is 53.4 Å². The van der Waals surface area contributed by atoms with Crippen LogP contribution < -0.4 is 0 Å². The molecular formula is C15H12F2N2O. The van der Waals surface area contributed by atoms with Gasteiger partial charge in [0.25, 0.3) is 0 Å². The van der Waals surface area contributed by atoms with Gasteiger partial charge in [0.15, 0.2) is 0 Å². The van der Waals surface area contributed by atoms with Crippen LogP contribution in [0.3, 0.4) is 0 Å². The van der Waals surface area contributed by atoms with Crippen LogP contribution in [0.2, 0.25) is 0 Å². The Balaban J connectivity index is 2.68. The van der Waals surface area contributed by atoms with E-state index < -0.39 is 17.2 Å². The molecule has 0 fully saturated rings. The number of hydrogen-bond donors (Lipinski definition) is 1. The zero-order valence-electron chi connectivity index (χ0n) is 11.0. The Morgan fingerprint density at radius 1 is 1.20 bits per heavy atom. The van der Waals surface area contributed by atoms with Gasteiger partial charge in [-0.25, -0.2) is 8.78 Å². The molecule has 1 aromatic carbocycles. The van der Waals surface area contributed by atoms with E-state index in [2.05, 4.69) is 4.98 Å². The summed E-state index contributed by atoms with van der Waals surface area (Å²) in [7, 11) is 0. The fraction of sp³-hybridized carbons (Fsp3) is 0.200. The lowest BCUT2D eigenvalue weighted by Crippen LogP contribution is -2.19. The van der Waals surface area contributed by atoms with Crippen molar-refractivity contribution in [2.75, 3.05) is 0 Å². The lowest BCUT2D eigenvalue weighted by atomic mass is 9.90. The molecule has 0 aliphatic carbocycles. The van der Waals surface area contributed by atoms with Crippen molar-refractivity contribution in [3.63, 3.8) is 0 Å². The van der Waals surface area contributed by atoms with Crippen molar-refractivity contribution < 1.29 is 13.9 Å². The molecule has 1 N–H and O–H groups in total. The molecular weight excluding hydrogens is 262 g/mol. The van der Waals surface area contributed by atoms with E-state index in [9.17, 15) is 13.9 Å². The summed E-state index contributed by atoms with van der Waals surface area (Å²) >= 11 is 0. The van der Waals surface area contributed by atoms with E-state index in [-0.39, 0.29) is 11.1 Å². The molecule has 0 atom stereocenters. The molecule has 0 unspecified atom stereocenters. The second kappa shape index (κ2) is 4.99. The summed E-state index contributed by atoms with van der Waals surface area (Å²) in [5.74, 6) is -1.37. The van der Waals surface area contributed by atoms with Gasteiger partial charge >= 0.3 is 0 Å². The molecule has 5 heteroatoms. The summed E-state index contributed by atoms with van der Waals surface area (Å²) in [4.78, 5) is 3.73. The summed E-state index contributed by atoms with van der Waals surface area (Å²) in [5, 5.41) is 18.8. The molecule has 0 bridgehead atoms. The van der Waals surface area contributed by atoms with Gasteiger partial charge in [0.05, 0.1) is 17.4 Å². The van der Waals surface area contributed by atoms with Gasteiger partial charge in [-0.1, -0.05) is 6.07 Å². The lowest BCUT2D eigenvalue weighted by molar-refractivity contribution is 0.0750. The van der Waals surface area contributed by atoms with Crippen molar-refractivity contribution >= 4 is 0 Å². The fourth-order valence-electron chi connectivity index (χ4n) is 2.05. The Kier molecular flexibility index (Phi) is 3.51. The summed E-state index contributed by atoms with van der Waals surface area (Å²) in [6.07, 6.45) is 2.36. The number of nitriles is 1. The molecule has 2 aromatic rings. The van der Waals surface area contributed by atoms with Crippen LogP contribution in [0.1, 0.15) is 25.0 Å². The Bertz CT molecular complexity index is 700. The molecule has 0 aliphatic rings. The van der Waals surface area contributed by atoms with Crippen LogP contribution in [0.4, 0.5) is 8.78 Å². The van der Waals surface area contributed by atoms with E-state index in [0.717, 1.165) is 12.3 Å². The van der Waals surface area contributed by atoms with Crippen LogP contribution in [-0.2, 0) is 5.60 Å². The van der Waals surface area contributed by atoms with Crippen LogP contribution in [-0.4, -0.2) is 10.1 Å². The molecule has 0 aliphatic heterocycles. The largest absolute Gasteiger partial charge is 0.386 e. The first-order chi connectivity index (χ1) is 9.34. The number of halogens is 2. The lowest BCUT2D eigenvalue weighted by Gasteiger charge is -2.22. The number of hydrogen-bond acceptors (Lipinski definition) is 3. The predicted octanol–water partition coefficient (Wildman–Crippen LogP) is 3.13. The minimum Gasteiger partial charge on any atom is -0.386 e. The molecule has 0 radical (unpaired) electrons. The maximum absolute atomic E-state index is 13.9. The zero-order chi connectivity index (χ0) is 14.9. The molecule has 1 heterocycles. The second-order valence-corrected chi connectivity index (χ2v) is 4.91. The van der Waals surface area contributed by atoms with Crippen LogP contribution in [0.25, 0.3) is 11.1 Å². The van der Waals surface area contributed by atoms with Gasteiger partial charge in [0, 0.05) is 17.3 Å². The monoisotopic (exact) mass is 274 g/mol. The van der Waals surface area contributed by atoms with Crippen molar-refractivity contribution in [1.82, 2.24) is 4.98 Å². The third-order valence-electron chi connectivity index (χ3n) is 2.91. The number of aromatic nitrogens is 1. The van der Waals surface area contributed by atoms with Crippen molar-refractivity contribution in [2.45, 2.75) is 19.4 Å². The molecule has 0 saturated carbocycles. The number of pyridine rings is 1. The quantitative estimate of drug-likeness (QED) is 0.915. The average molecular weight is 274 g/mol. The Morgan fingerprint density at radius 2 is 1.90 bits per heavy atom. The molecule has 2 rings (SSSR count). The van der Waals surface area contributed by atoms with E-state index in [1.54, 1.807) is 6.07 Å². The molecule has 3 nitrogen and oxygen atoms in total. The van der Waals surface area contributed by atoms with E-state index in [1.807, 2.05) is 0 Å². The van der Waals surface area contributed by atoms with E-state index in [4.69, 9.17) is 5.26 Å². The Labute approximate surface area is 115 Å². The highest BCUT2D eigenvalue weighted by atomic mass is 19.1. The first-order valence-electron chi connectivity index (χ1n) is 5.91. The standard InChI is InChI=1S/C15H12F2N2O/c1-15(2,20)14-11(7-19-8-13(14)17)9-3-4-10(6-18)12(16)5-9/h3-5,7-8,20H,1-2H3. The minimum atomic E-state index is -1.44. The number of aliphatic hydroxyl groups is 1. The number of rotatable bonds is 2. The van der Waals surface area contributed by atoms with E-state index in [1.165, 1.54) is 32.2 Å². The molecule has 20 heavy (non-hydrogen) atoms. The Morgan fingerprint density at radius 3 is 2.45 bits per heavy atom. The summed E-state index contributed by atoms with van der Waals surface area (Å²) in [6, 6.07) is 5.65. The SMILES string of the molecule is CC(C)(O)c1c(F)cncc1-c1ccc(C#N)c(F)c1. The van der Waals surface area contributed by atoms with E-state index in [0.29, 0.717) is 11.1 Å². The summed E-state index contributed by atoms with van der Waals surface area (Å²) in [5.41, 5.74) is -0.849. The predicted molar refractivity (Wildman–Crippen MR) is 69.5 cm³/mol. The Hall–Kier alpha value is -2.32. The summed E-state index contributed by atoms with van der Waals surface area (Å²) in [6.45, 7) is 2.88. The van der Waals surface area contributed by atoms with Gasteiger partial charge in [-0.3, -0.25) is 4.98 Å². The zero-order valence-corrected chi connectivity index (χ0v) is 11.0. The second-order valence-electron chi connectivity index (χ2n) is 4.91. The number of benzene rings is 1. The normalized spacial score (nSPS) is 11.2. The molecule has 0 saturated heterocycles. The molecule has 1 aromatic heterocycles. The highest BCUT2D eigenvalue weighted by Crippen LogP contribution is 2.33. The van der Waals surface area contributed by atoms with Gasteiger partial charge in [-0.2, -0.15) is 5.26 Å². The van der Waals surface area contributed by atoms with Crippen molar-refractivity contribution in [3.8, 4) is 17.2 Å². The van der Waals surface area contributed by atoms with Gasteiger partial charge < -0.3 is 5.11 Å². The third kappa shape index (κ3) is 2.51. The minimum absolute atomic E-state index is 0.0385. The molecule has 0 amide bonds. The summed E-state index contributed by atoms with van der Waals surface area (Å²) < 4.78 is 27.6. The smallest absolute Gasteiger partial charge is 0.148 e. The van der Waals surface area contributed by atoms with Crippen LogP contribution in [0.15, 0.2) is 30.6 Å². The van der Waals surface area contributed by atoms with Gasteiger partial charge in [0.2, 0.25) is 0 Å². The highest BCUT2D eigenvalue weighted by Gasteiger charge is 2.25. The van der Waals surface area contributed by atoms with Gasteiger partial charge in [0.1, 0.15) is 17.7 Å². The maximum Gasteiger partial charge on any atom is 0.148 e. The topological polar surface area (TPSA) is 56.9 Å². The van der Waals surface area contributed by atoms with Crippen LogP contribution >= 0.6 is 0 Å².